The van der Waals surface area contributed by atoms with Crippen LogP contribution in [-0.2, 0) is 16.1 Å². The van der Waals surface area contributed by atoms with E-state index in [4.69, 9.17) is 23.2 Å². The van der Waals surface area contributed by atoms with Crippen molar-refractivity contribution in [3.8, 4) is 0 Å². The van der Waals surface area contributed by atoms with E-state index < -0.39 is 0 Å². The van der Waals surface area contributed by atoms with Gasteiger partial charge in [0.2, 0.25) is 0 Å². The minimum Gasteiger partial charge on any atom is -0.270 e. The van der Waals surface area contributed by atoms with Crippen LogP contribution >= 0.6 is 23.2 Å². The Kier molecular flexibility index (Phi) is 5.03. The maximum atomic E-state index is 13.2. The van der Waals surface area contributed by atoms with Crippen molar-refractivity contribution in [3.05, 3.63) is 106 Å². The van der Waals surface area contributed by atoms with Crippen molar-refractivity contribution < 1.29 is 9.59 Å². The molecule has 28 heavy (non-hydrogen) atoms. The standard InChI is InChI=1S/C23H15Cl2NO2/c24-18-12-11-15(13-19(18)25)14-26-22(27)20(16-7-3-1-4-8-16)21(23(26)28)17-9-5-2-6-10-17/h1-13H,14H2. The number of carbonyl (C=O) groups is 2. The van der Waals surface area contributed by atoms with Crippen LogP contribution in [0.25, 0.3) is 11.1 Å². The second-order valence-electron chi connectivity index (χ2n) is 6.43. The third-order valence-electron chi connectivity index (χ3n) is 4.62. The molecule has 1 aliphatic rings. The quantitative estimate of drug-likeness (QED) is 0.537. The van der Waals surface area contributed by atoms with Crippen molar-refractivity contribution in [2.24, 2.45) is 0 Å². The van der Waals surface area contributed by atoms with E-state index >= 15 is 0 Å². The molecule has 0 saturated heterocycles. The van der Waals surface area contributed by atoms with Gasteiger partial charge in [-0.1, -0.05) is 89.9 Å². The van der Waals surface area contributed by atoms with Gasteiger partial charge in [-0.3, -0.25) is 14.5 Å². The zero-order chi connectivity index (χ0) is 19.7. The van der Waals surface area contributed by atoms with Gasteiger partial charge < -0.3 is 0 Å². The second kappa shape index (κ2) is 7.63. The fourth-order valence-corrected chi connectivity index (χ4v) is 3.61. The lowest BCUT2D eigenvalue weighted by Crippen LogP contribution is -2.31. The number of hydrogen-bond donors (Lipinski definition) is 0. The Morgan fingerprint density at radius 1 is 0.643 bits per heavy atom. The Morgan fingerprint density at radius 2 is 1.14 bits per heavy atom. The first kappa shape index (κ1) is 18.5. The smallest absolute Gasteiger partial charge is 0.262 e. The third-order valence-corrected chi connectivity index (χ3v) is 5.36. The molecular weight excluding hydrogens is 393 g/mol. The molecule has 0 atom stereocenters. The van der Waals surface area contributed by atoms with Crippen LogP contribution in [0, 0.1) is 0 Å². The summed E-state index contributed by atoms with van der Waals surface area (Å²) in [5.74, 6) is -0.637. The van der Waals surface area contributed by atoms with Gasteiger partial charge in [-0.25, -0.2) is 0 Å². The summed E-state index contributed by atoms with van der Waals surface area (Å²) in [6.07, 6.45) is 0. The average molecular weight is 408 g/mol. The molecule has 0 radical (unpaired) electrons. The summed E-state index contributed by atoms with van der Waals surface area (Å²) >= 11 is 12.1. The molecule has 0 saturated carbocycles. The highest BCUT2D eigenvalue weighted by atomic mass is 35.5. The van der Waals surface area contributed by atoms with Crippen LogP contribution in [0.4, 0.5) is 0 Å². The van der Waals surface area contributed by atoms with E-state index in [9.17, 15) is 9.59 Å². The van der Waals surface area contributed by atoms with Crippen LogP contribution < -0.4 is 0 Å². The molecule has 0 N–H and O–H groups in total. The first-order valence-electron chi connectivity index (χ1n) is 8.71. The van der Waals surface area contributed by atoms with Crippen molar-refractivity contribution in [1.29, 1.82) is 0 Å². The number of imide groups is 1. The first-order valence-corrected chi connectivity index (χ1v) is 9.47. The van der Waals surface area contributed by atoms with Crippen molar-refractivity contribution in [1.82, 2.24) is 4.90 Å². The fraction of sp³-hybridized carbons (Fsp3) is 0.0435. The van der Waals surface area contributed by atoms with Crippen molar-refractivity contribution in [3.63, 3.8) is 0 Å². The number of amides is 2. The van der Waals surface area contributed by atoms with Crippen LogP contribution in [0.1, 0.15) is 16.7 Å². The Labute approximate surface area is 172 Å². The predicted octanol–water partition coefficient (Wildman–Crippen LogP) is 5.47. The van der Waals surface area contributed by atoms with E-state index in [1.165, 1.54) is 4.90 Å². The largest absolute Gasteiger partial charge is 0.270 e. The number of benzene rings is 3. The molecule has 5 heteroatoms. The molecule has 1 heterocycles. The maximum Gasteiger partial charge on any atom is 0.262 e. The van der Waals surface area contributed by atoms with Gasteiger partial charge in [-0.05, 0) is 28.8 Å². The molecule has 3 aromatic carbocycles. The minimum absolute atomic E-state index is 0.126. The lowest BCUT2D eigenvalue weighted by molar-refractivity contribution is -0.136. The summed E-state index contributed by atoms with van der Waals surface area (Å²) in [6.45, 7) is 0.126. The molecule has 3 nitrogen and oxygen atoms in total. The van der Waals surface area contributed by atoms with E-state index in [1.807, 2.05) is 60.7 Å². The van der Waals surface area contributed by atoms with E-state index in [-0.39, 0.29) is 18.4 Å². The molecule has 2 amide bonds. The fourth-order valence-electron chi connectivity index (χ4n) is 3.29. The minimum atomic E-state index is -0.318. The van der Waals surface area contributed by atoms with Gasteiger partial charge in [-0.2, -0.15) is 0 Å². The van der Waals surface area contributed by atoms with Gasteiger partial charge >= 0.3 is 0 Å². The number of hydrogen-bond acceptors (Lipinski definition) is 2. The molecule has 0 spiro atoms. The summed E-state index contributed by atoms with van der Waals surface area (Å²) in [4.78, 5) is 27.7. The Balaban J connectivity index is 1.78. The summed E-state index contributed by atoms with van der Waals surface area (Å²) in [5.41, 5.74) is 3.00. The monoisotopic (exact) mass is 407 g/mol. The van der Waals surface area contributed by atoms with Gasteiger partial charge in [0.05, 0.1) is 27.7 Å². The highest BCUT2D eigenvalue weighted by Gasteiger charge is 2.39. The van der Waals surface area contributed by atoms with E-state index in [0.717, 1.165) is 16.7 Å². The molecule has 4 rings (SSSR count). The molecule has 0 aromatic heterocycles. The summed E-state index contributed by atoms with van der Waals surface area (Å²) in [6, 6.07) is 23.6. The Morgan fingerprint density at radius 3 is 1.61 bits per heavy atom. The Hall–Kier alpha value is -2.88. The molecule has 0 bridgehead atoms. The van der Waals surface area contributed by atoms with Gasteiger partial charge in [0.1, 0.15) is 0 Å². The van der Waals surface area contributed by atoms with E-state index in [2.05, 4.69) is 0 Å². The van der Waals surface area contributed by atoms with Gasteiger partial charge in [0.25, 0.3) is 11.8 Å². The van der Waals surface area contributed by atoms with Gasteiger partial charge in [-0.15, -0.1) is 0 Å². The van der Waals surface area contributed by atoms with E-state index in [0.29, 0.717) is 21.2 Å². The third kappa shape index (κ3) is 3.35. The van der Waals surface area contributed by atoms with Crippen LogP contribution in [0.15, 0.2) is 78.9 Å². The van der Waals surface area contributed by atoms with Crippen LogP contribution in [0.5, 0.6) is 0 Å². The zero-order valence-electron chi connectivity index (χ0n) is 14.7. The maximum absolute atomic E-state index is 13.2. The lowest BCUT2D eigenvalue weighted by atomic mass is 9.96. The van der Waals surface area contributed by atoms with Crippen molar-refractivity contribution in [2.45, 2.75) is 6.54 Å². The topological polar surface area (TPSA) is 37.4 Å². The highest BCUT2D eigenvalue weighted by Crippen LogP contribution is 2.36. The van der Waals surface area contributed by atoms with Crippen LogP contribution in [-0.4, -0.2) is 16.7 Å². The second-order valence-corrected chi connectivity index (χ2v) is 7.24. The number of halogens is 2. The lowest BCUT2D eigenvalue weighted by Gasteiger charge is -2.16. The summed E-state index contributed by atoms with van der Waals surface area (Å²) in [7, 11) is 0. The SMILES string of the molecule is O=C1C(c2ccccc2)=C(c2ccccc2)C(=O)N1Cc1ccc(Cl)c(Cl)c1. The Bertz CT molecular complexity index is 1030. The van der Waals surface area contributed by atoms with Crippen LogP contribution in [0.2, 0.25) is 10.0 Å². The van der Waals surface area contributed by atoms with Crippen molar-refractivity contribution >= 4 is 46.2 Å². The molecule has 1 aliphatic heterocycles. The molecule has 138 valence electrons. The molecule has 0 aliphatic carbocycles. The van der Waals surface area contributed by atoms with Gasteiger partial charge in [0, 0.05) is 0 Å². The van der Waals surface area contributed by atoms with Gasteiger partial charge in [0.15, 0.2) is 0 Å². The predicted molar refractivity (Wildman–Crippen MR) is 112 cm³/mol. The van der Waals surface area contributed by atoms with Crippen molar-refractivity contribution in [2.75, 3.05) is 0 Å². The number of nitrogens with zero attached hydrogens (tertiary/aromatic N) is 1. The molecule has 0 fully saturated rings. The van der Waals surface area contributed by atoms with Crippen LogP contribution in [0.3, 0.4) is 0 Å². The molecule has 3 aromatic rings. The summed E-state index contributed by atoms with van der Waals surface area (Å²) in [5, 5.41) is 0.815. The average Bonchev–Trinajstić information content (AvgIpc) is 2.96. The molecular formula is C23H15Cl2NO2. The van der Waals surface area contributed by atoms with E-state index in [1.54, 1.807) is 18.2 Å². The molecule has 0 unspecified atom stereocenters. The zero-order valence-corrected chi connectivity index (χ0v) is 16.2. The number of rotatable bonds is 4. The number of carbonyl (C=O) groups excluding carboxylic acids is 2. The summed E-state index contributed by atoms with van der Waals surface area (Å²) < 4.78 is 0. The highest BCUT2D eigenvalue weighted by molar-refractivity contribution is 6.49. The first-order chi connectivity index (χ1) is 13.6. The normalized spacial score (nSPS) is 14.1.